The van der Waals surface area contributed by atoms with Crippen LogP contribution in [0.25, 0.3) is 0 Å². The van der Waals surface area contributed by atoms with Crippen molar-refractivity contribution < 1.29 is 14.3 Å². The van der Waals surface area contributed by atoms with E-state index in [0.29, 0.717) is 24.3 Å². The maximum Gasteiger partial charge on any atom is 0.419 e. The molecule has 1 saturated heterocycles. The highest BCUT2D eigenvalue weighted by atomic mass is 16.6. The van der Waals surface area contributed by atoms with Crippen LogP contribution in [0.3, 0.4) is 0 Å². The zero-order valence-electron chi connectivity index (χ0n) is 17.3. The van der Waals surface area contributed by atoms with Crippen molar-refractivity contribution in [2.45, 2.75) is 51.0 Å². The Labute approximate surface area is 177 Å². The molecule has 2 fully saturated rings. The first-order chi connectivity index (χ1) is 14.7. The lowest BCUT2D eigenvalue weighted by atomic mass is 9.78. The summed E-state index contributed by atoms with van der Waals surface area (Å²) in [5.41, 5.74) is 2.64. The Morgan fingerprint density at radius 1 is 0.900 bits per heavy atom. The van der Waals surface area contributed by atoms with Gasteiger partial charge in [0.05, 0.1) is 5.69 Å². The van der Waals surface area contributed by atoms with Gasteiger partial charge in [-0.05, 0) is 73.9 Å². The number of rotatable bonds is 2. The summed E-state index contributed by atoms with van der Waals surface area (Å²) in [5.74, 6) is 1.36. The minimum atomic E-state index is -0.375. The minimum Gasteiger partial charge on any atom is -0.410 e. The molecule has 1 saturated carbocycles. The molecule has 156 valence electrons. The molecule has 0 aromatic heterocycles. The highest BCUT2D eigenvalue weighted by Gasteiger charge is 2.36. The zero-order valence-corrected chi connectivity index (χ0v) is 17.3. The largest absolute Gasteiger partial charge is 0.419 e. The number of anilines is 1. The van der Waals surface area contributed by atoms with E-state index in [1.165, 1.54) is 25.7 Å². The quantitative estimate of drug-likeness (QED) is 0.704. The molecular formula is C25H28N2O3. The average molecular weight is 405 g/mol. The van der Waals surface area contributed by atoms with Crippen molar-refractivity contribution in [2.24, 2.45) is 5.92 Å². The van der Waals surface area contributed by atoms with Gasteiger partial charge in [0.25, 0.3) is 5.91 Å². The Hall–Kier alpha value is -2.82. The molecular weight excluding hydrogens is 376 g/mol. The summed E-state index contributed by atoms with van der Waals surface area (Å²) in [6.07, 6.45) is 7.67. The third-order valence-corrected chi connectivity index (χ3v) is 6.89. The second-order valence-electron chi connectivity index (χ2n) is 8.68. The molecule has 5 heteroatoms. The van der Waals surface area contributed by atoms with Gasteiger partial charge in [-0.2, -0.15) is 0 Å². The van der Waals surface area contributed by atoms with Gasteiger partial charge in [-0.3, -0.25) is 9.69 Å². The van der Waals surface area contributed by atoms with Crippen LogP contribution in [0.5, 0.6) is 5.75 Å². The summed E-state index contributed by atoms with van der Waals surface area (Å²) in [4.78, 5) is 29.8. The molecule has 0 N–H and O–H groups in total. The third kappa shape index (κ3) is 3.57. The van der Waals surface area contributed by atoms with Gasteiger partial charge in [-0.1, -0.05) is 31.0 Å². The fraction of sp³-hybridized carbons (Fsp3) is 0.440. The van der Waals surface area contributed by atoms with Crippen LogP contribution in [0.4, 0.5) is 10.5 Å². The number of ether oxygens (including phenoxy) is 1. The predicted octanol–water partition coefficient (Wildman–Crippen LogP) is 5.04. The van der Waals surface area contributed by atoms with Crippen LogP contribution >= 0.6 is 0 Å². The van der Waals surface area contributed by atoms with E-state index in [2.05, 4.69) is 4.90 Å². The number of likely N-dealkylation sites (tertiary alicyclic amines) is 1. The van der Waals surface area contributed by atoms with Gasteiger partial charge in [0, 0.05) is 24.7 Å². The molecule has 0 radical (unpaired) electrons. The molecule has 2 heterocycles. The van der Waals surface area contributed by atoms with Gasteiger partial charge in [0.2, 0.25) is 0 Å². The van der Waals surface area contributed by atoms with Crippen molar-refractivity contribution >= 4 is 17.7 Å². The molecule has 5 nitrogen and oxygen atoms in total. The third-order valence-electron chi connectivity index (χ3n) is 6.89. The van der Waals surface area contributed by atoms with Crippen molar-refractivity contribution in [2.75, 3.05) is 18.0 Å². The van der Waals surface area contributed by atoms with E-state index < -0.39 is 0 Å². The van der Waals surface area contributed by atoms with E-state index in [9.17, 15) is 9.59 Å². The number of nitrogens with zero attached hydrogens (tertiary/aromatic N) is 2. The van der Waals surface area contributed by atoms with Crippen molar-refractivity contribution in [3.8, 4) is 5.75 Å². The molecule has 0 spiro atoms. The van der Waals surface area contributed by atoms with Gasteiger partial charge < -0.3 is 9.64 Å². The number of hydrogen-bond donors (Lipinski definition) is 0. The Bertz CT molecular complexity index is 941. The molecule has 2 amide bonds. The summed E-state index contributed by atoms with van der Waals surface area (Å²) < 4.78 is 5.50. The van der Waals surface area contributed by atoms with Gasteiger partial charge >= 0.3 is 6.09 Å². The van der Waals surface area contributed by atoms with Gasteiger partial charge in [-0.15, -0.1) is 0 Å². The number of piperidine rings is 1. The zero-order chi connectivity index (χ0) is 20.5. The van der Waals surface area contributed by atoms with Crippen molar-refractivity contribution in [3.63, 3.8) is 0 Å². The number of para-hydroxylation sites is 1. The average Bonchev–Trinajstić information content (AvgIpc) is 3.22. The lowest BCUT2D eigenvalue weighted by Crippen LogP contribution is -2.49. The normalized spacial score (nSPS) is 22.9. The molecule has 2 aromatic carbocycles. The number of fused-ring (bicyclic) bond motifs is 2. The number of carbonyl (C=O) groups is 2. The molecule has 0 unspecified atom stereocenters. The lowest BCUT2D eigenvalue weighted by Gasteiger charge is -2.44. The molecule has 2 aliphatic heterocycles. The second kappa shape index (κ2) is 8.13. The summed E-state index contributed by atoms with van der Waals surface area (Å²) in [6, 6.07) is 15.3. The number of amides is 2. The van der Waals surface area contributed by atoms with Gasteiger partial charge in [0.15, 0.2) is 0 Å². The van der Waals surface area contributed by atoms with Gasteiger partial charge in [0.1, 0.15) is 5.75 Å². The van der Waals surface area contributed by atoms with E-state index in [-0.39, 0.29) is 12.0 Å². The first-order valence-corrected chi connectivity index (χ1v) is 11.2. The first kappa shape index (κ1) is 19.2. The SMILES string of the molecule is O=C(Oc1ccccc1)N1CCc2cc(C(=O)N3CCC[C@H]4CCCC[C@H]43)ccc21. The maximum absolute atomic E-state index is 13.3. The lowest BCUT2D eigenvalue weighted by molar-refractivity contribution is 0.0390. The van der Waals surface area contributed by atoms with Crippen LogP contribution in [-0.2, 0) is 6.42 Å². The van der Waals surface area contributed by atoms with Gasteiger partial charge in [-0.25, -0.2) is 4.79 Å². The van der Waals surface area contributed by atoms with Crippen LogP contribution < -0.4 is 9.64 Å². The molecule has 2 atom stereocenters. The standard InChI is InChI=1S/C25H28N2O3/c28-24(26-15-6-8-18-7-4-5-11-22(18)26)20-12-13-23-19(17-20)14-16-27(23)25(29)30-21-9-2-1-3-10-21/h1-3,9-10,12-13,17-18,22H,4-8,11,14-16H2/t18-,22-/m1/s1. The fourth-order valence-corrected chi connectivity index (χ4v) is 5.41. The topological polar surface area (TPSA) is 49.9 Å². The Morgan fingerprint density at radius 3 is 2.57 bits per heavy atom. The molecule has 3 aliphatic rings. The second-order valence-corrected chi connectivity index (χ2v) is 8.68. The fourth-order valence-electron chi connectivity index (χ4n) is 5.41. The smallest absolute Gasteiger partial charge is 0.410 e. The Morgan fingerprint density at radius 2 is 1.70 bits per heavy atom. The Kier molecular flexibility index (Phi) is 5.19. The molecule has 1 aliphatic carbocycles. The molecule has 30 heavy (non-hydrogen) atoms. The highest BCUT2D eigenvalue weighted by molar-refractivity contribution is 5.97. The molecule has 2 aromatic rings. The highest BCUT2D eigenvalue weighted by Crippen LogP contribution is 2.37. The summed E-state index contributed by atoms with van der Waals surface area (Å²) in [6.45, 7) is 1.44. The van der Waals surface area contributed by atoms with E-state index in [1.54, 1.807) is 17.0 Å². The summed E-state index contributed by atoms with van der Waals surface area (Å²) in [5, 5.41) is 0. The van der Waals surface area contributed by atoms with E-state index in [0.717, 1.165) is 42.6 Å². The van der Waals surface area contributed by atoms with Crippen molar-refractivity contribution in [1.29, 1.82) is 0 Å². The minimum absolute atomic E-state index is 0.153. The van der Waals surface area contributed by atoms with Crippen LogP contribution in [0.1, 0.15) is 54.4 Å². The van der Waals surface area contributed by atoms with Crippen LogP contribution in [0.2, 0.25) is 0 Å². The predicted molar refractivity (Wildman–Crippen MR) is 116 cm³/mol. The maximum atomic E-state index is 13.3. The Balaban J connectivity index is 1.32. The summed E-state index contributed by atoms with van der Waals surface area (Å²) >= 11 is 0. The molecule has 5 rings (SSSR count). The number of benzene rings is 2. The van der Waals surface area contributed by atoms with Crippen LogP contribution in [0.15, 0.2) is 48.5 Å². The van der Waals surface area contributed by atoms with Crippen LogP contribution in [-0.4, -0.2) is 36.0 Å². The number of carbonyl (C=O) groups excluding carboxylic acids is 2. The van der Waals surface area contributed by atoms with E-state index >= 15 is 0 Å². The van der Waals surface area contributed by atoms with E-state index in [4.69, 9.17) is 4.74 Å². The van der Waals surface area contributed by atoms with Crippen molar-refractivity contribution in [3.05, 3.63) is 59.7 Å². The van der Waals surface area contributed by atoms with Crippen LogP contribution in [0, 0.1) is 5.92 Å². The molecule has 0 bridgehead atoms. The monoisotopic (exact) mass is 404 g/mol. The van der Waals surface area contributed by atoms with Crippen molar-refractivity contribution in [1.82, 2.24) is 4.90 Å². The number of hydrogen-bond acceptors (Lipinski definition) is 3. The summed E-state index contributed by atoms with van der Waals surface area (Å²) in [7, 11) is 0. The first-order valence-electron chi connectivity index (χ1n) is 11.2. The van der Waals surface area contributed by atoms with E-state index in [1.807, 2.05) is 36.4 Å².